The predicted octanol–water partition coefficient (Wildman–Crippen LogP) is 4.56. The molecule has 0 aliphatic heterocycles. The van der Waals surface area contributed by atoms with Crippen LogP contribution in [0, 0.1) is 0 Å². The largest absolute Gasteiger partial charge is 0.488 e. The van der Waals surface area contributed by atoms with Gasteiger partial charge >= 0.3 is 0 Å². The Balaban J connectivity index is 1.74. The van der Waals surface area contributed by atoms with Crippen LogP contribution in [-0.2, 0) is 13.2 Å². The third-order valence-corrected chi connectivity index (χ3v) is 4.56. The van der Waals surface area contributed by atoms with E-state index in [2.05, 4.69) is 65.9 Å². The van der Waals surface area contributed by atoms with Gasteiger partial charge < -0.3 is 14.2 Å². The van der Waals surface area contributed by atoms with Gasteiger partial charge in [-0.25, -0.2) is 0 Å². The second-order valence-corrected chi connectivity index (χ2v) is 6.00. The van der Waals surface area contributed by atoms with E-state index in [4.69, 9.17) is 4.74 Å². The van der Waals surface area contributed by atoms with Crippen LogP contribution in [0.2, 0.25) is 0 Å². The van der Waals surface area contributed by atoms with Crippen LogP contribution in [0.1, 0.15) is 19.4 Å². The first-order valence-corrected chi connectivity index (χ1v) is 8.78. The Labute approximate surface area is 144 Å². The highest BCUT2D eigenvalue weighted by Gasteiger charge is 2.08. The summed E-state index contributed by atoms with van der Waals surface area (Å²) in [7, 11) is 0. The summed E-state index contributed by atoms with van der Waals surface area (Å²) in [6.45, 7) is 9.31. The summed E-state index contributed by atoms with van der Waals surface area (Å²) < 4.78 is 8.39. The molecular weight excluding hydrogens is 296 g/mol. The molecule has 3 heteroatoms. The van der Waals surface area contributed by atoms with Gasteiger partial charge in [0.25, 0.3) is 0 Å². The molecule has 0 aliphatic carbocycles. The Hall–Kier alpha value is -2.26. The zero-order chi connectivity index (χ0) is 16.8. The maximum Gasteiger partial charge on any atom is 0.129 e. The molecule has 0 amide bonds. The average Bonchev–Trinajstić information content (AvgIpc) is 3.05. The van der Waals surface area contributed by atoms with E-state index >= 15 is 0 Å². The molecular formula is C21H26N2O. The van der Waals surface area contributed by atoms with Crippen molar-refractivity contribution in [3.8, 4) is 5.75 Å². The van der Waals surface area contributed by atoms with Crippen LogP contribution in [0.4, 0.5) is 0 Å². The molecule has 126 valence electrons. The molecule has 0 saturated carbocycles. The van der Waals surface area contributed by atoms with Gasteiger partial charge in [-0.15, -0.1) is 0 Å². The zero-order valence-electron chi connectivity index (χ0n) is 14.6. The maximum atomic E-state index is 6.06. The Kier molecular flexibility index (Phi) is 5.55. The maximum absolute atomic E-state index is 6.06. The van der Waals surface area contributed by atoms with Gasteiger partial charge in [-0.2, -0.15) is 0 Å². The normalized spacial score (nSPS) is 11.3. The standard InChI is InChI=1S/C21H26N2O/c1-3-22(4-2)15-16-23-14-13-19-20(23)11-8-12-21(19)24-17-18-9-6-5-7-10-18/h5-14H,3-4,15-17H2,1-2H3. The highest BCUT2D eigenvalue weighted by atomic mass is 16.5. The Morgan fingerprint density at radius 2 is 1.71 bits per heavy atom. The van der Waals surface area contributed by atoms with Gasteiger partial charge in [-0.1, -0.05) is 50.2 Å². The summed E-state index contributed by atoms with van der Waals surface area (Å²) in [5, 5.41) is 1.19. The van der Waals surface area contributed by atoms with E-state index in [1.54, 1.807) is 0 Å². The summed E-state index contributed by atoms with van der Waals surface area (Å²) in [6, 6.07) is 18.8. The molecule has 0 fully saturated rings. The molecule has 3 rings (SSSR count). The molecule has 0 N–H and O–H groups in total. The van der Waals surface area contributed by atoms with Crippen molar-refractivity contribution in [2.24, 2.45) is 0 Å². The van der Waals surface area contributed by atoms with Crippen molar-refractivity contribution < 1.29 is 4.74 Å². The number of benzene rings is 2. The van der Waals surface area contributed by atoms with Crippen LogP contribution in [0.3, 0.4) is 0 Å². The first-order valence-electron chi connectivity index (χ1n) is 8.78. The third-order valence-electron chi connectivity index (χ3n) is 4.56. The lowest BCUT2D eigenvalue weighted by Gasteiger charge is -2.18. The number of ether oxygens (including phenoxy) is 1. The van der Waals surface area contributed by atoms with Crippen LogP contribution in [0.25, 0.3) is 10.9 Å². The topological polar surface area (TPSA) is 17.4 Å². The van der Waals surface area contributed by atoms with E-state index in [0.29, 0.717) is 6.61 Å². The molecule has 0 atom stereocenters. The number of rotatable bonds is 8. The number of hydrogen-bond acceptors (Lipinski definition) is 2. The van der Waals surface area contributed by atoms with E-state index in [0.717, 1.165) is 31.9 Å². The van der Waals surface area contributed by atoms with E-state index in [1.807, 2.05) is 18.2 Å². The van der Waals surface area contributed by atoms with Crippen molar-refractivity contribution in [2.75, 3.05) is 19.6 Å². The first kappa shape index (κ1) is 16.6. The van der Waals surface area contributed by atoms with E-state index in [1.165, 1.54) is 16.5 Å². The lowest BCUT2D eigenvalue weighted by molar-refractivity contribution is 0.292. The zero-order valence-corrected chi connectivity index (χ0v) is 14.6. The van der Waals surface area contributed by atoms with E-state index in [9.17, 15) is 0 Å². The highest BCUT2D eigenvalue weighted by molar-refractivity contribution is 5.86. The monoisotopic (exact) mass is 322 g/mol. The SMILES string of the molecule is CCN(CC)CCn1ccc2c(OCc3ccccc3)cccc21. The van der Waals surface area contributed by atoms with Crippen molar-refractivity contribution >= 4 is 10.9 Å². The molecule has 2 aromatic carbocycles. The first-order chi connectivity index (χ1) is 11.8. The summed E-state index contributed by atoms with van der Waals surface area (Å²) in [5.74, 6) is 0.956. The average molecular weight is 322 g/mol. The van der Waals surface area contributed by atoms with Gasteiger partial charge in [0.2, 0.25) is 0 Å². The van der Waals surface area contributed by atoms with Crippen molar-refractivity contribution in [1.29, 1.82) is 0 Å². The summed E-state index contributed by atoms with van der Waals surface area (Å²) in [5.41, 5.74) is 2.43. The number of nitrogens with zero attached hydrogens (tertiary/aromatic N) is 2. The van der Waals surface area contributed by atoms with Crippen LogP contribution in [-0.4, -0.2) is 29.1 Å². The van der Waals surface area contributed by atoms with Crippen LogP contribution >= 0.6 is 0 Å². The number of fused-ring (bicyclic) bond motifs is 1. The van der Waals surface area contributed by atoms with Crippen molar-refractivity contribution in [3.63, 3.8) is 0 Å². The van der Waals surface area contributed by atoms with Gasteiger partial charge in [0.1, 0.15) is 12.4 Å². The lowest BCUT2D eigenvalue weighted by Crippen LogP contribution is -2.26. The molecule has 1 aromatic heterocycles. The lowest BCUT2D eigenvalue weighted by atomic mass is 10.2. The Bertz CT molecular complexity index is 760. The van der Waals surface area contributed by atoms with Crippen LogP contribution in [0.15, 0.2) is 60.8 Å². The molecule has 3 nitrogen and oxygen atoms in total. The smallest absolute Gasteiger partial charge is 0.129 e. The number of aromatic nitrogens is 1. The number of hydrogen-bond donors (Lipinski definition) is 0. The van der Waals surface area contributed by atoms with Crippen LogP contribution < -0.4 is 4.74 Å². The molecule has 0 aliphatic rings. The number of likely N-dealkylation sites (N-methyl/N-ethyl adjacent to an activating group) is 1. The predicted molar refractivity (Wildman–Crippen MR) is 101 cm³/mol. The molecule has 3 aromatic rings. The van der Waals surface area contributed by atoms with Gasteiger partial charge in [-0.3, -0.25) is 0 Å². The fraction of sp³-hybridized carbons (Fsp3) is 0.333. The van der Waals surface area contributed by atoms with Crippen molar-refractivity contribution in [3.05, 3.63) is 66.4 Å². The molecule has 0 unspecified atom stereocenters. The molecule has 0 bridgehead atoms. The minimum absolute atomic E-state index is 0.602. The quantitative estimate of drug-likeness (QED) is 0.605. The highest BCUT2D eigenvalue weighted by Crippen LogP contribution is 2.27. The molecule has 0 spiro atoms. The fourth-order valence-electron chi connectivity index (χ4n) is 3.04. The summed E-state index contributed by atoms with van der Waals surface area (Å²) in [6.07, 6.45) is 2.17. The summed E-state index contributed by atoms with van der Waals surface area (Å²) >= 11 is 0. The minimum Gasteiger partial charge on any atom is -0.488 e. The fourth-order valence-corrected chi connectivity index (χ4v) is 3.04. The van der Waals surface area contributed by atoms with E-state index in [-0.39, 0.29) is 0 Å². The van der Waals surface area contributed by atoms with Crippen LogP contribution in [0.5, 0.6) is 5.75 Å². The molecule has 0 saturated heterocycles. The van der Waals surface area contributed by atoms with Gasteiger partial charge in [0.05, 0.1) is 5.52 Å². The molecule has 1 heterocycles. The van der Waals surface area contributed by atoms with Crippen molar-refractivity contribution in [2.45, 2.75) is 27.0 Å². The van der Waals surface area contributed by atoms with Gasteiger partial charge in [-0.05, 0) is 36.9 Å². The van der Waals surface area contributed by atoms with Crippen molar-refractivity contribution in [1.82, 2.24) is 9.47 Å². The Morgan fingerprint density at radius 3 is 2.46 bits per heavy atom. The van der Waals surface area contributed by atoms with E-state index < -0.39 is 0 Å². The van der Waals surface area contributed by atoms with Gasteiger partial charge in [0, 0.05) is 24.7 Å². The minimum atomic E-state index is 0.602. The second-order valence-electron chi connectivity index (χ2n) is 6.00. The Morgan fingerprint density at radius 1 is 0.917 bits per heavy atom. The summed E-state index contributed by atoms with van der Waals surface area (Å²) in [4.78, 5) is 2.45. The molecule has 24 heavy (non-hydrogen) atoms. The second kappa shape index (κ2) is 8.02. The van der Waals surface area contributed by atoms with Gasteiger partial charge in [0.15, 0.2) is 0 Å². The third kappa shape index (κ3) is 3.80. The molecule has 0 radical (unpaired) electrons.